The second-order valence-corrected chi connectivity index (χ2v) is 6.58. The highest BCUT2D eigenvalue weighted by molar-refractivity contribution is 5.93. The highest BCUT2D eigenvalue weighted by Gasteiger charge is 2.20. The Kier molecular flexibility index (Phi) is 11.0. The largest absolute Gasteiger partial charge is 0.550 e. The summed E-state index contributed by atoms with van der Waals surface area (Å²) in [5.74, 6) is -4.72. The van der Waals surface area contributed by atoms with Crippen molar-refractivity contribution < 1.29 is 50.4 Å². The Morgan fingerprint density at radius 2 is 1.75 bits per heavy atom. The minimum atomic E-state index is -1.56. The summed E-state index contributed by atoms with van der Waals surface area (Å²) in [6, 6.07) is 2.83. The number of quaternary nitrogens is 1. The molecule has 0 radical (unpaired) electrons. The van der Waals surface area contributed by atoms with E-state index in [4.69, 9.17) is 10.2 Å². The Bertz CT molecular complexity index is 1020. The highest BCUT2D eigenvalue weighted by Crippen LogP contribution is 2.25. The van der Waals surface area contributed by atoms with Crippen LogP contribution in [0.5, 0.6) is 0 Å². The Morgan fingerprint density at radius 3 is 2.19 bits per heavy atom. The van der Waals surface area contributed by atoms with Crippen molar-refractivity contribution >= 4 is 34.5 Å². The van der Waals surface area contributed by atoms with E-state index in [0.29, 0.717) is 17.7 Å². The Labute approximate surface area is 181 Å². The molecule has 1 aliphatic rings. The second-order valence-electron chi connectivity index (χ2n) is 6.58. The van der Waals surface area contributed by atoms with E-state index in [1.165, 1.54) is 12.3 Å². The molecule has 178 valence electrons. The van der Waals surface area contributed by atoms with Gasteiger partial charge in [0, 0.05) is 18.1 Å². The van der Waals surface area contributed by atoms with Crippen LogP contribution in [0, 0.1) is 5.82 Å². The SMILES string of the molecule is CCn1cc(C(=O)O)c(=O)c2cc(F)c(N3CC[NH2+]CC3)cc21.O.O.O=C([O-])CC(=O)O. The molecule has 0 aliphatic carbocycles. The van der Waals surface area contributed by atoms with Gasteiger partial charge in [-0.1, -0.05) is 0 Å². The smallest absolute Gasteiger partial charge is 0.341 e. The van der Waals surface area contributed by atoms with Crippen molar-refractivity contribution in [3.63, 3.8) is 0 Å². The van der Waals surface area contributed by atoms with E-state index >= 15 is 0 Å². The third-order valence-electron chi connectivity index (χ3n) is 4.56. The molecule has 0 saturated carbocycles. The van der Waals surface area contributed by atoms with Gasteiger partial charge in [-0.15, -0.1) is 0 Å². The molecule has 0 amide bonds. The average molecular weight is 459 g/mol. The highest BCUT2D eigenvalue weighted by atomic mass is 19.1. The molecule has 1 saturated heterocycles. The predicted octanol–water partition coefficient (Wildman–Crippen LogP) is -3.20. The van der Waals surface area contributed by atoms with Crippen LogP contribution in [0.1, 0.15) is 23.7 Å². The molecule has 2 heterocycles. The van der Waals surface area contributed by atoms with E-state index in [1.54, 1.807) is 10.6 Å². The topological polar surface area (TPSA) is 220 Å². The van der Waals surface area contributed by atoms with Gasteiger partial charge < -0.3 is 45.9 Å². The number of nitrogens with zero attached hydrogens (tertiary/aromatic N) is 2. The lowest BCUT2D eigenvalue weighted by Crippen LogP contribution is -2.89. The van der Waals surface area contributed by atoms with Crippen molar-refractivity contribution in [1.29, 1.82) is 0 Å². The van der Waals surface area contributed by atoms with Gasteiger partial charge in [0.15, 0.2) is 0 Å². The molecule has 0 bridgehead atoms. The van der Waals surface area contributed by atoms with Gasteiger partial charge in [0.2, 0.25) is 5.43 Å². The van der Waals surface area contributed by atoms with Crippen LogP contribution in [-0.2, 0) is 16.1 Å². The molecule has 1 aliphatic heterocycles. The minimum Gasteiger partial charge on any atom is -0.550 e. The number of halogens is 1. The monoisotopic (exact) mass is 459 g/mol. The van der Waals surface area contributed by atoms with Crippen LogP contribution in [-0.4, -0.2) is 69.8 Å². The number of hydrogen-bond donors (Lipinski definition) is 3. The van der Waals surface area contributed by atoms with Crippen LogP contribution in [0.3, 0.4) is 0 Å². The summed E-state index contributed by atoms with van der Waals surface area (Å²) in [6.45, 7) is 5.63. The number of aryl methyl sites for hydroxylation is 1. The number of anilines is 1. The van der Waals surface area contributed by atoms with Crippen LogP contribution in [0.25, 0.3) is 10.9 Å². The number of hydrogen-bond acceptors (Lipinski definition) is 6. The first-order valence-electron chi connectivity index (χ1n) is 9.23. The first kappa shape index (κ1) is 28.5. The number of piperazine rings is 1. The van der Waals surface area contributed by atoms with Crippen molar-refractivity contribution in [2.75, 3.05) is 31.1 Å². The second kappa shape index (κ2) is 12.3. The fraction of sp³-hybridized carbons (Fsp3) is 0.368. The Balaban J connectivity index is 0.000000936. The number of aromatic nitrogens is 1. The van der Waals surface area contributed by atoms with E-state index in [-0.39, 0.29) is 21.9 Å². The molecule has 0 unspecified atom stereocenters. The number of aromatic carboxylic acids is 1. The summed E-state index contributed by atoms with van der Waals surface area (Å²) in [4.78, 5) is 44.2. The number of pyridine rings is 1. The summed E-state index contributed by atoms with van der Waals surface area (Å²) in [6.07, 6.45) is 0.415. The van der Waals surface area contributed by atoms with Gasteiger partial charge in [-0.3, -0.25) is 9.59 Å². The summed E-state index contributed by atoms with van der Waals surface area (Å²) >= 11 is 0. The number of carbonyl (C=O) groups excluding carboxylic acids is 1. The van der Waals surface area contributed by atoms with E-state index in [2.05, 4.69) is 5.32 Å². The van der Waals surface area contributed by atoms with Gasteiger partial charge in [-0.2, -0.15) is 0 Å². The summed E-state index contributed by atoms with van der Waals surface area (Å²) in [5, 5.41) is 28.4. The lowest BCUT2D eigenvalue weighted by molar-refractivity contribution is -0.655. The molecule has 1 aromatic heterocycles. The van der Waals surface area contributed by atoms with Crippen molar-refractivity contribution in [2.24, 2.45) is 0 Å². The fourth-order valence-corrected chi connectivity index (χ4v) is 3.17. The number of fused-ring (bicyclic) bond motifs is 1. The molecule has 0 atom stereocenters. The maximum Gasteiger partial charge on any atom is 0.341 e. The minimum absolute atomic E-state index is 0. The molecule has 3 rings (SSSR count). The zero-order valence-electron chi connectivity index (χ0n) is 17.3. The van der Waals surface area contributed by atoms with E-state index in [0.717, 1.165) is 26.2 Å². The first-order valence-corrected chi connectivity index (χ1v) is 9.23. The summed E-state index contributed by atoms with van der Waals surface area (Å²) in [5.41, 5.74) is 0.0532. The maximum absolute atomic E-state index is 14.5. The van der Waals surface area contributed by atoms with E-state index < -0.39 is 35.6 Å². The van der Waals surface area contributed by atoms with Crippen molar-refractivity contribution in [1.82, 2.24) is 4.57 Å². The third kappa shape index (κ3) is 6.73. The van der Waals surface area contributed by atoms with Crippen LogP contribution in [0.4, 0.5) is 10.1 Å². The van der Waals surface area contributed by atoms with Gasteiger partial charge in [0.25, 0.3) is 0 Å². The Morgan fingerprint density at radius 1 is 1.16 bits per heavy atom. The summed E-state index contributed by atoms with van der Waals surface area (Å²) < 4.78 is 16.2. The Hall–Kier alpha value is -3.55. The molecular formula is C19H26FN3O9. The lowest BCUT2D eigenvalue weighted by atomic mass is 10.1. The number of carboxylic acid groups (broad SMARTS) is 3. The number of aliphatic carboxylic acids is 2. The molecule has 1 aromatic carbocycles. The quantitative estimate of drug-likeness (QED) is 0.386. The normalized spacial score (nSPS) is 12.6. The van der Waals surface area contributed by atoms with Gasteiger partial charge in [-0.25, -0.2) is 9.18 Å². The first-order chi connectivity index (χ1) is 14.1. The van der Waals surface area contributed by atoms with Crippen LogP contribution in [0.15, 0.2) is 23.1 Å². The number of rotatable bonds is 5. The predicted molar refractivity (Wildman–Crippen MR) is 109 cm³/mol. The number of nitrogens with two attached hydrogens (primary N) is 1. The van der Waals surface area contributed by atoms with E-state index in [9.17, 15) is 28.7 Å². The van der Waals surface area contributed by atoms with Gasteiger partial charge >= 0.3 is 11.9 Å². The van der Waals surface area contributed by atoms with Gasteiger partial charge in [0.1, 0.15) is 11.4 Å². The average Bonchev–Trinajstić information content (AvgIpc) is 2.68. The maximum atomic E-state index is 14.5. The molecule has 13 heteroatoms. The van der Waals surface area contributed by atoms with E-state index in [1.807, 2.05) is 11.8 Å². The third-order valence-corrected chi connectivity index (χ3v) is 4.56. The van der Waals surface area contributed by atoms with Crippen molar-refractivity contribution in [3.05, 3.63) is 39.9 Å². The standard InChI is InChI=1S/C16H18FN3O3.C3H4O4.2H2O/c1-2-19-9-11(16(22)23)15(21)10-7-12(17)14(8-13(10)19)20-5-3-18-4-6-20;4-2(5)1-3(6)7;;/h7-9,18H,2-6H2,1H3,(H,22,23);1H2,(H,4,5)(H,6,7);2*1H2. The van der Waals surface area contributed by atoms with Crippen molar-refractivity contribution in [3.8, 4) is 0 Å². The molecule has 1 fully saturated rings. The molecule has 8 N–H and O–H groups in total. The van der Waals surface area contributed by atoms with Crippen molar-refractivity contribution in [2.45, 2.75) is 19.9 Å². The fourth-order valence-electron chi connectivity index (χ4n) is 3.17. The molecule has 32 heavy (non-hydrogen) atoms. The molecule has 12 nitrogen and oxygen atoms in total. The molecule has 2 aromatic rings. The van der Waals surface area contributed by atoms with Crippen LogP contribution < -0.4 is 20.8 Å². The number of benzene rings is 1. The zero-order valence-corrected chi connectivity index (χ0v) is 17.3. The van der Waals surface area contributed by atoms with Gasteiger partial charge in [-0.05, 0) is 19.1 Å². The van der Waals surface area contributed by atoms with Gasteiger partial charge in [0.05, 0.1) is 49.8 Å². The zero-order chi connectivity index (χ0) is 22.4. The molecule has 0 spiro atoms. The molecular weight excluding hydrogens is 433 g/mol. The summed E-state index contributed by atoms with van der Waals surface area (Å²) in [7, 11) is 0. The lowest BCUT2D eigenvalue weighted by Gasteiger charge is -2.28. The number of carboxylic acids is 3. The van der Waals surface area contributed by atoms with Crippen LogP contribution in [0.2, 0.25) is 0 Å². The van der Waals surface area contributed by atoms with Crippen LogP contribution >= 0.6 is 0 Å². The number of carbonyl (C=O) groups is 3.